The Hall–Kier alpha value is -0.570. The number of carbonyl (C=O) groups excluding carboxylic acids is 1. The molecule has 2 rings (SSSR count). The highest BCUT2D eigenvalue weighted by Crippen LogP contribution is 2.50. The molecule has 13 heavy (non-hydrogen) atoms. The quantitative estimate of drug-likeness (QED) is 0.494. The molecular formula is C10H16O3. The first-order chi connectivity index (χ1) is 6.28. The zero-order valence-electron chi connectivity index (χ0n) is 8.04. The minimum Gasteiger partial charge on any atom is -0.464 e. The summed E-state index contributed by atoms with van der Waals surface area (Å²) >= 11 is 0. The summed E-state index contributed by atoms with van der Waals surface area (Å²) in [6, 6.07) is 0. The molecule has 3 heteroatoms. The van der Waals surface area contributed by atoms with Crippen molar-refractivity contribution >= 4 is 5.97 Å². The van der Waals surface area contributed by atoms with Gasteiger partial charge in [-0.05, 0) is 19.3 Å². The van der Waals surface area contributed by atoms with E-state index in [1.165, 1.54) is 12.8 Å². The molecular weight excluding hydrogens is 168 g/mol. The van der Waals surface area contributed by atoms with Gasteiger partial charge in [0.2, 0.25) is 0 Å². The SMILES string of the molecule is CCCOC(=O)C1OC12CCCC2. The molecule has 1 saturated carbocycles. The molecule has 0 aromatic rings. The monoisotopic (exact) mass is 184 g/mol. The molecule has 1 aliphatic heterocycles. The second-order valence-electron chi connectivity index (χ2n) is 3.94. The molecule has 1 atom stereocenters. The number of hydrogen-bond acceptors (Lipinski definition) is 3. The highest BCUT2D eigenvalue weighted by atomic mass is 16.7. The van der Waals surface area contributed by atoms with E-state index in [1.54, 1.807) is 0 Å². The first-order valence-electron chi connectivity index (χ1n) is 5.13. The zero-order valence-corrected chi connectivity index (χ0v) is 8.04. The van der Waals surface area contributed by atoms with Crippen LogP contribution in [0.1, 0.15) is 39.0 Å². The van der Waals surface area contributed by atoms with Crippen molar-refractivity contribution in [3.8, 4) is 0 Å². The van der Waals surface area contributed by atoms with Crippen molar-refractivity contribution in [2.24, 2.45) is 0 Å². The fraction of sp³-hybridized carbons (Fsp3) is 0.900. The first kappa shape index (κ1) is 9.00. The number of esters is 1. The van der Waals surface area contributed by atoms with Crippen molar-refractivity contribution in [1.29, 1.82) is 0 Å². The lowest BCUT2D eigenvalue weighted by atomic mass is 10.0. The normalized spacial score (nSPS) is 29.2. The van der Waals surface area contributed by atoms with Crippen molar-refractivity contribution < 1.29 is 14.3 Å². The van der Waals surface area contributed by atoms with Crippen LogP contribution in [0.4, 0.5) is 0 Å². The predicted octanol–water partition coefficient (Wildman–Crippen LogP) is 1.65. The molecule has 0 bridgehead atoms. The highest BCUT2D eigenvalue weighted by molar-refractivity contribution is 5.79. The standard InChI is InChI=1S/C10H16O3/c1-2-7-12-9(11)8-10(13-8)5-3-4-6-10/h8H,2-7H2,1H3. The molecule has 0 amide bonds. The predicted molar refractivity (Wildman–Crippen MR) is 47.3 cm³/mol. The summed E-state index contributed by atoms with van der Waals surface area (Å²) in [6.07, 6.45) is 5.11. The molecule has 1 aliphatic carbocycles. The summed E-state index contributed by atoms with van der Waals surface area (Å²) in [5.74, 6) is -0.149. The van der Waals surface area contributed by atoms with Gasteiger partial charge >= 0.3 is 5.97 Å². The van der Waals surface area contributed by atoms with E-state index in [-0.39, 0.29) is 17.7 Å². The Morgan fingerprint density at radius 3 is 2.85 bits per heavy atom. The van der Waals surface area contributed by atoms with Gasteiger partial charge in [0.15, 0.2) is 6.10 Å². The molecule has 2 fully saturated rings. The van der Waals surface area contributed by atoms with Crippen LogP contribution in [0.15, 0.2) is 0 Å². The van der Waals surface area contributed by atoms with Crippen molar-refractivity contribution in [2.75, 3.05) is 6.61 Å². The Morgan fingerprint density at radius 2 is 2.23 bits per heavy atom. The smallest absolute Gasteiger partial charge is 0.338 e. The molecule has 3 nitrogen and oxygen atoms in total. The van der Waals surface area contributed by atoms with Crippen molar-refractivity contribution in [2.45, 2.75) is 50.7 Å². The van der Waals surface area contributed by atoms with Crippen LogP contribution in [0.2, 0.25) is 0 Å². The Labute approximate surface area is 78.4 Å². The van der Waals surface area contributed by atoms with E-state index in [0.29, 0.717) is 6.61 Å². The Morgan fingerprint density at radius 1 is 1.54 bits per heavy atom. The van der Waals surface area contributed by atoms with Crippen LogP contribution in [-0.4, -0.2) is 24.3 Å². The Kier molecular flexibility index (Phi) is 2.28. The lowest BCUT2D eigenvalue weighted by Gasteiger charge is -2.02. The maximum absolute atomic E-state index is 11.4. The fourth-order valence-corrected chi connectivity index (χ4v) is 2.10. The van der Waals surface area contributed by atoms with Crippen molar-refractivity contribution in [1.82, 2.24) is 0 Å². The van der Waals surface area contributed by atoms with Gasteiger partial charge in [-0.15, -0.1) is 0 Å². The molecule has 2 aliphatic rings. The summed E-state index contributed by atoms with van der Waals surface area (Å²) in [4.78, 5) is 11.4. The molecule has 1 heterocycles. The van der Waals surface area contributed by atoms with Crippen LogP contribution in [0.25, 0.3) is 0 Å². The minimum atomic E-state index is -0.235. The van der Waals surface area contributed by atoms with Gasteiger partial charge in [-0.2, -0.15) is 0 Å². The highest BCUT2D eigenvalue weighted by Gasteiger charge is 2.62. The van der Waals surface area contributed by atoms with E-state index >= 15 is 0 Å². The third kappa shape index (κ3) is 1.57. The van der Waals surface area contributed by atoms with Gasteiger partial charge in [0, 0.05) is 0 Å². The molecule has 1 saturated heterocycles. The summed E-state index contributed by atoms with van der Waals surface area (Å²) in [6.45, 7) is 2.52. The number of carbonyl (C=O) groups is 1. The van der Waals surface area contributed by atoms with E-state index in [0.717, 1.165) is 19.3 Å². The Bertz CT molecular complexity index is 206. The van der Waals surface area contributed by atoms with Gasteiger partial charge in [-0.25, -0.2) is 4.79 Å². The second-order valence-corrected chi connectivity index (χ2v) is 3.94. The largest absolute Gasteiger partial charge is 0.464 e. The number of ether oxygens (including phenoxy) is 2. The second kappa shape index (κ2) is 3.29. The molecule has 1 spiro atoms. The molecule has 0 aromatic heterocycles. The van der Waals surface area contributed by atoms with Crippen LogP contribution < -0.4 is 0 Å². The average molecular weight is 184 g/mol. The lowest BCUT2D eigenvalue weighted by molar-refractivity contribution is -0.145. The van der Waals surface area contributed by atoms with Crippen LogP contribution in [0.3, 0.4) is 0 Å². The molecule has 74 valence electrons. The van der Waals surface area contributed by atoms with Crippen LogP contribution >= 0.6 is 0 Å². The average Bonchev–Trinajstić information content (AvgIpc) is 2.61. The fourth-order valence-electron chi connectivity index (χ4n) is 2.10. The summed E-state index contributed by atoms with van der Waals surface area (Å²) in [5, 5.41) is 0. The molecule has 0 aromatic carbocycles. The van der Waals surface area contributed by atoms with Gasteiger partial charge in [-0.3, -0.25) is 0 Å². The number of rotatable bonds is 3. The topological polar surface area (TPSA) is 38.8 Å². The summed E-state index contributed by atoms with van der Waals surface area (Å²) < 4.78 is 10.5. The molecule has 0 radical (unpaired) electrons. The number of hydrogen-bond donors (Lipinski definition) is 0. The summed E-state index contributed by atoms with van der Waals surface area (Å²) in [7, 11) is 0. The van der Waals surface area contributed by atoms with E-state index in [4.69, 9.17) is 9.47 Å². The maximum Gasteiger partial charge on any atom is 0.338 e. The molecule has 0 N–H and O–H groups in total. The van der Waals surface area contributed by atoms with Crippen molar-refractivity contribution in [3.05, 3.63) is 0 Å². The Balaban J connectivity index is 1.81. The maximum atomic E-state index is 11.4. The van der Waals surface area contributed by atoms with E-state index in [9.17, 15) is 4.79 Å². The van der Waals surface area contributed by atoms with Crippen LogP contribution in [0.5, 0.6) is 0 Å². The van der Waals surface area contributed by atoms with Crippen LogP contribution in [0, 0.1) is 0 Å². The third-order valence-corrected chi connectivity index (χ3v) is 2.89. The van der Waals surface area contributed by atoms with Gasteiger partial charge in [0.25, 0.3) is 0 Å². The van der Waals surface area contributed by atoms with Gasteiger partial charge in [-0.1, -0.05) is 19.8 Å². The van der Waals surface area contributed by atoms with Gasteiger partial charge in [0.1, 0.15) is 5.60 Å². The minimum absolute atomic E-state index is 0.0924. The van der Waals surface area contributed by atoms with Gasteiger partial charge in [0.05, 0.1) is 6.61 Å². The first-order valence-corrected chi connectivity index (χ1v) is 5.13. The van der Waals surface area contributed by atoms with Crippen molar-refractivity contribution in [3.63, 3.8) is 0 Å². The van der Waals surface area contributed by atoms with E-state index < -0.39 is 0 Å². The number of epoxide rings is 1. The van der Waals surface area contributed by atoms with Crippen LogP contribution in [-0.2, 0) is 14.3 Å². The lowest BCUT2D eigenvalue weighted by Crippen LogP contribution is -2.20. The molecule has 1 unspecified atom stereocenters. The van der Waals surface area contributed by atoms with E-state index in [1.807, 2.05) is 6.92 Å². The van der Waals surface area contributed by atoms with E-state index in [2.05, 4.69) is 0 Å². The third-order valence-electron chi connectivity index (χ3n) is 2.89. The zero-order chi connectivity index (χ0) is 9.31. The summed E-state index contributed by atoms with van der Waals surface area (Å²) in [5.41, 5.74) is -0.0924. The van der Waals surface area contributed by atoms with Gasteiger partial charge < -0.3 is 9.47 Å².